The normalized spacial score (nSPS) is 9.91. The molecule has 0 saturated heterocycles. The maximum atomic E-state index is 10.3. The lowest BCUT2D eigenvalue weighted by molar-refractivity contribution is 0.111. The Hall–Kier alpha value is -1.29. The van der Waals surface area contributed by atoms with Gasteiger partial charge in [-0.3, -0.25) is 4.79 Å². The van der Waals surface area contributed by atoms with Crippen molar-refractivity contribution >= 4 is 12.2 Å². The predicted octanol–water partition coefficient (Wildman–Crippen LogP) is 0.821. The summed E-state index contributed by atoms with van der Waals surface area (Å²) in [7, 11) is 1.53. The summed E-state index contributed by atoms with van der Waals surface area (Å²) in [6.45, 7) is 0.302. The summed E-state index contributed by atoms with van der Waals surface area (Å²) in [6.07, 6.45) is 2.00. The Morgan fingerprint density at radius 1 is 1.82 bits per heavy atom. The van der Waals surface area contributed by atoms with E-state index in [9.17, 15) is 4.79 Å². The van der Waals surface area contributed by atoms with E-state index in [0.717, 1.165) is 0 Å². The molecule has 0 aliphatic rings. The number of nitrogens with two attached hydrogens (primary N) is 1. The highest BCUT2D eigenvalue weighted by Gasteiger charge is 2.09. The molecule has 2 N–H and O–H groups in total. The Morgan fingerprint density at radius 2 is 2.55 bits per heavy atom. The number of ether oxygens (including phenoxy) is 1. The first-order valence-corrected chi connectivity index (χ1v) is 3.09. The molecule has 0 aliphatic heterocycles. The quantitative estimate of drug-likeness (QED) is 0.656. The van der Waals surface area contributed by atoms with Gasteiger partial charge in [-0.1, -0.05) is 0 Å². The molecule has 0 saturated carbocycles. The topological polar surface area (TPSA) is 65.5 Å². The highest BCUT2D eigenvalue weighted by atomic mass is 16.5. The van der Waals surface area contributed by atoms with Crippen LogP contribution in [0.25, 0.3) is 0 Å². The second kappa shape index (κ2) is 3.21. The smallest absolute Gasteiger partial charge is 0.196 e. The van der Waals surface area contributed by atoms with Gasteiger partial charge in [0.25, 0.3) is 0 Å². The zero-order chi connectivity index (χ0) is 8.27. The van der Waals surface area contributed by atoms with Gasteiger partial charge in [-0.15, -0.1) is 0 Å². The van der Waals surface area contributed by atoms with Crippen LogP contribution in [0.5, 0.6) is 0 Å². The third kappa shape index (κ3) is 1.40. The van der Waals surface area contributed by atoms with E-state index in [4.69, 9.17) is 14.9 Å². The van der Waals surface area contributed by atoms with Gasteiger partial charge < -0.3 is 14.9 Å². The standard InChI is InChI=1S/C7H9NO3/c1-10-4-6-5(2-9)3-11-7(6)8/h2-3H,4,8H2,1H3. The summed E-state index contributed by atoms with van der Waals surface area (Å²) in [5, 5.41) is 0. The van der Waals surface area contributed by atoms with Crippen LogP contribution in [-0.4, -0.2) is 13.4 Å². The maximum Gasteiger partial charge on any atom is 0.196 e. The van der Waals surface area contributed by atoms with Crippen molar-refractivity contribution < 1.29 is 13.9 Å². The predicted molar refractivity (Wildman–Crippen MR) is 39.2 cm³/mol. The lowest BCUT2D eigenvalue weighted by Crippen LogP contribution is -1.94. The van der Waals surface area contributed by atoms with Crippen LogP contribution in [0.15, 0.2) is 10.7 Å². The third-order valence-electron chi connectivity index (χ3n) is 1.37. The van der Waals surface area contributed by atoms with Gasteiger partial charge in [0.05, 0.1) is 17.7 Å². The van der Waals surface area contributed by atoms with E-state index in [1.165, 1.54) is 13.4 Å². The van der Waals surface area contributed by atoms with Crippen LogP contribution in [0.4, 0.5) is 5.88 Å². The fourth-order valence-electron chi connectivity index (χ4n) is 0.809. The lowest BCUT2D eigenvalue weighted by atomic mass is 10.2. The molecule has 0 radical (unpaired) electrons. The molecule has 1 aromatic heterocycles. The van der Waals surface area contributed by atoms with E-state index in [-0.39, 0.29) is 5.88 Å². The summed E-state index contributed by atoms with van der Waals surface area (Å²) in [5.41, 5.74) is 6.46. The molecule has 0 atom stereocenters. The largest absolute Gasteiger partial charge is 0.448 e. The van der Waals surface area contributed by atoms with Crippen LogP contribution in [0, 0.1) is 0 Å². The van der Waals surface area contributed by atoms with Gasteiger partial charge in [0, 0.05) is 7.11 Å². The monoisotopic (exact) mass is 155 g/mol. The Balaban J connectivity index is 2.97. The molecule has 11 heavy (non-hydrogen) atoms. The highest BCUT2D eigenvalue weighted by molar-refractivity contribution is 5.78. The minimum atomic E-state index is 0.244. The number of anilines is 1. The SMILES string of the molecule is COCc1c(C=O)coc1N. The summed E-state index contributed by atoms with van der Waals surface area (Å²) in [6, 6.07) is 0. The second-order valence-corrected chi connectivity index (χ2v) is 2.08. The minimum Gasteiger partial charge on any atom is -0.448 e. The third-order valence-corrected chi connectivity index (χ3v) is 1.37. The van der Waals surface area contributed by atoms with Crippen LogP contribution in [0.1, 0.15) is 15.9 Å². The van der Waals surface area contributed by atoms with Gasteiger partial charge in [-0.25, -0.2) is 0 Å². The van der Waals surface area contributed by atoms with E-state index in [1.807, 2.05) is 0 Å². The Kier molecular flexibility index (Phi) is 2.28. The molecule has 0 spiro atoms. The van der Waals surface area contributed by atoms with E-state index in [1.54, 1.807) is 0 Å². The Morgan fingerprint density at radius 3 is 3.09 bits per heavy atom. The van der Waals surface area contributed by atoms with Gasteiger partial charge in [-0.2, -0.15) is 0 Å². The first kappa shape index (κ1) is 7.81. The van der Waals surface area contributed by atoms with E-state index >= 15 is 0 Å². The van der Waals surface area contributed by atoms with Crippen LogP contribution < -0.4 is 5.73 Å². The number of hydrogen-bond donors (Lipinski definition) is 1. The van der Waals surface area contributed by atoms with Crippen molar-refractivity contribution in [1.29, 1.82) is 0 Å². The van der Waals surface area contributed by atoms with Crippen molar-refractivity contribution in [2.45, 2.75) is 6.61 Å². The number of aldehydes is 1. The molecule has 1 heterocycles. The van der Waals surface area contributed by atoms with Crippen molar-refractivity contribution in [2.75, 3.05) is 12.8 Å². The van der Waals surface area contributed by atoms with Crippen molar-refractivity contribution in [3.05, 3.63) is 17.4 Å². The average Bonchev–Trinajstić information content (AvgIpc) is 2.34. The van der Waals surface area contributed by atoms with E-state index in [2.05, 4.69) is 0 Å². The fourth-order valence-corrected chi connectivity index (χ4v) is 0.809. The molecular formula is C7H9NO3. The molecule has 0 unspecified atom stereocenters. The fraction of sp³-hybridized carbons (Fsp3) is 0.286. The molecule has 0 aromatic carbocycles. The zero-order valence-corrected chi connectivity index (χ0v) is 6.16. The average molecular weight is 155 g/mol. The summed E-state index contributed by atoms with van der Waals surface area (Å²) in [5.74, 6) is 0.244. The molecule has 4 nitrogen and oxygen atoms in total. The number of methoxy groups -OCH3 is 1. The minimum absolute atomic E-state index is 0.244. The van der Waals surface area contributed by atoms with Gasteiger partial charge in [0.1, 0.15) is 6.26 Å². The van der Waals surface area contributed by atoms with Crippen LogP contribution >= 0.6 is 0 Å². The first-order chi connectivity index (χ1) is 5.29. The first-order valence-electron chi connectivity index (χ1n) is 3.09. The lowest BCUT2D eigenvalue weighted by Gasteiger charge is -1.95. The van der Waals surface area contributed by atoms with Gasteiger partial charge in [0.15, 0.2) is 12.2 Å². The summed E-state index contributed by atoms with van der Waals surface area (Å²) in [4.78, 5) is 10.3. The number of nitrogen functional groups attached to an aromatic ring is 1. The van der Waals surface area contributed by atoms with Crippen molar-refractivity contribution in [3.8, 4) is 0 Å². The molecule has 4 heteroatoms. The second-order valence-electron chi connectivity index (χ2n) is 2.08. The molecule has 0 amide bonds. The van der Waals surface area contributed by atoms with Gasteiger partial charge >= 0.3 is 0 Å². The van der Waals surface area contributed by atoms with Crippen LogP contribution in [-0.2, 0) is 11.3 Å². The molecule has 0 aliphatic carbocycles. The highest BCUT2D eigenvalue weighted by Crippen LogP contribution is 2.18. The molecule has 1 rings (SSSR count). The zero-order valence-electron chi connectivity index (χ0n) is 6.16. The molecule has 0 bridgehead atoms. The number of rotatable bonds is 3. The van der Waals surface area contributed by atoms with Crippen LogP contribution in [0.2, 0.25) is 0 Å². The van der Waals surface area contributed by atoms with Crippen molar-refractivity contribution in [1.82, 2.24) is 0 Å². The maximum absolute atomic E-state index is 10.3. The van der Waals surface area contributed by atoms with Crippen LogP contribution in [0.3, 0.4) is 0 Å². The number of carbonyl (C=O) groups is 1. The summed E-state index contributed by atoms with van der Waals surface area (Å²) < 4.78 is 9.62. The molecule has 60 valence electrons. The molecule has 1 aromatic rings. The number of carbonyl (C=O) groups excluding carboxylic acids is 1. The van der Waals surface area contributed by atoms with E-state index < -0.39 is 0 Å². The van der Waals surface area contributed by atoms with Gasteiger partial charge in [-0.05, 0) is 0 Å². The molecular weight excluding hydrogens is 146 g/mol. The Bertz CT molecular complexity index is 254. The van der Waals surface area contributed by atoms with Gasteiger partial charge in [0.2, 0.25) is 0 Å². The summed E-state index contributed by atoms with van der Waals surface area (Å²) >= 11 is 0. The van der Waals surface area contributed by atoms with Crippen molar-refractivity contribution in [2.24, 2.45) is 0 Å². The molecule has 0 fully saturated rings. The van der Waals surface area contributed by atoms with E-state index in [0.29, 0.717) is 24.0 Å². The Labute approximate surface area is 63.9 Å². The van der Waals surface area contributed by atoms with Crippen molar-refractivity contribution in [3.63, 3.8) is 0 Å². The number of hydrogen-bond acceptors (Lipinski definition) is 4. The number of furan rings is 1.